The molecule has 7 nitrogen and oxygen atoms in total. The van der Waals surface area contributed by atoms with Crippen LogP contribution in [0.25, 0.3) is 0 Å². The highest BCUT2D eigenvalue weighted by Crippen LogP contribution is 2.17. The Morgan fingerprint density at radius 3 is 2.20 bits per heavy atom. The van der Waals surface area contributed by atoms with Gasteiger partial charge in [-0.05, 0) is 34.6 Å². The fraction of sp³-hybridized carbons (Fsp3) is 0.846. The molecule has 0 aromatic heterocycles. The molecular weight excluding hydrogens is 266 g/mol. The van der Waals surface area contributed by atoms with E-state index in [0.29, 0.717) is 13.0 Å². The van der Waals surface area contributed by atoms with Gasteiger partial charge in [-0.25, -0.2) is 4.79 Å². The van der Waals surface area contributed by atoms with Gasteiger partial charge in [-0.3, -0.25) is 10.1 Å². The van der Waals surface area contributed by atoms with Crippen LogP contribution in [0.1, 0.15) is 34.6 Å². The second-order valence-electron chi connectivity index (χ2n) is 4.86. The normalized spacial score (nSPS) is 14.4. The number of carbonyl (C=O) groups excluding carboxylic acids is 2. The Kier molecular flexibility index (Phi) is 8.36. The number of hydrogen-bond donors (Lipinski definition) is 1. The number of carbonyl (C=O) groups is 2. The Balaban J connectivity index is 4.89. The lowest BCUT2D eigenvalue weighted by atomic mass is 10.2. The molecule has 0 rings (SSSR count). The Morgan fingerprint density at radius 1 is 1.10 bits per heavy atom. The zero-order valence-electron chi connectivity index (χ0n) is 12.9. The summed E-state index contributed by atoms with van der Waals surface area (Å²) in [4.78, 5) is 22.9. The van der Waals surface area contributed by atoms with Gasteiger partial charge in [0.15, 0.2) is 0 Å². The molecule has 1 N–H and O–H groups in total. The SMILES string of the molecule is CCOCCOC(NC=O)(OCC)C(=O)OC(C)(C)C. The summed E-state index contributed by atoms with van der Waals surface area (Å²) in [6.07, 6.45) is 0.334. The van der Waals surface area contributed by atoms with Crippen LogP contribution >= 0.6 is 0 Å². The van der Waals surface area contributed by atoms with E-state index in [2.05, 4.69) is 5.32 Å². The molecule has 0 heterocycles. The van der Waals surface area contributed by atoms with Gasteiger partial charge in [-0.2, -0.15) is 0 Å². The average molecular weight is 291 g/mol. The van der Waals surface area contributed by atoms with Crippen LogP contribution in [0.4, 0.5) is 0 Å². The van der Waals surface area contributed by atoms with Crippen molar-refractivity contribution in [2.75, 3.05) is 26.4 Å². The first-order chi connectivity index (χ1) is 9.31. The van der Waals surface area contributed by atoms with Gasteiger partial charge in [0, 0.05) is 13.2 Å². The van der Waals surface area contributed by atoms with Crippen LogP contribution in [0.3, 0.4) is 0 Å². The first kappa shape index (κ1) is 18.8. The fourth-order valence-corrected chi connectivity index (χ4v) is 1.32. The number of esters is 1. The molecule has 0 aliphatic heterocycles. The van der Waals surface area contributed by atoms with Crippen LogP contribution in [0.15, 0.2) is 0 Å². The number of amides is 1. The summed E-state index contributed by atoms with van der Waals surface area (Å²) >= 11 is 0. The monoisotopic (exact) mass is 291 g/mol. The average Bonchev–Trinajstić information content (AvgIpc) is 2.33. The van der Waals surface area contributed by atoms with Crippen molar-refractivity contribution in [3.63, 3.8) is 0 Å². The van der Waals surface area contributed by atoms with Crippen molar-refractivity contribution >= 4 is 12.4 Å². The van der Waals surface area contributed by atoms with Crippen LogP contribution in [-0.4, -0.2) is 50.3 Å². The van der Waals surface area contributed by atoms with Gasteiger partial charge in [0.25, 0.3) is 0 Å². The van der Waals surface area contributed by atoms with Gasteiger partial charge in [0.1, 0.15) is 5.60 Å². The maximum absolute atomic E-state index is 12.2. The first-order valence-electron chi connectivity index (χ1n) is 6.61. The zero-order valence-corrected chi connectivity index (χ0v) is 12.9. The van der Waals surface area contributed by atoms with E-state index in [0.717, 1.165) is 0 Å². The topological polar surface area (TPSA) is 83.1 Å². The van der Waals surface area contributed by atoms with E-state index in [4.69, 9.17) is 18.9 Å². The first-order valence-corrected chi connectivity index (χ1v) is 6.61. The highest BCUT2D eigenvalue weighted by Gasteiger charge is 2.44. The van der Waals surface area contributed by atoms with Crippen molar-refractivity contribution < 1.29 is 28.5 Å². The molecule has 0 spiro atoms. The third kappa shape index (κ3) is 6.83. The van der Waals surface area contributed by atoms with E-state index in [-0.39, 0.29) is 19.8 Å². The molecular formula is C13H25NO6. The van der Waals surface area contributed by atoms with Gasteiger partial charge in [0.2, 0.25) is 6.41 Å². The maximum Gasteiger partial charge on any atom is 0.391 e. The third-order valence-electron chi connectivity index (χ3n) is 2.00. The molecule has 0 aliphatic carbocycles. The second kappa shape index (κ2) is 8.89. The van der Waals surface area contributed by atoms with Crippen molar-refractivity contribution in [3.05, 3.63) is 0 Å². The molecule has 0 bridgehead atoms. The van der Waals surface area contributed by atoms with E-state index in [1.165, 1.54) is 0 Å². The number of nitrogens with one attached hydrogen (secondary N) is 1. The lowest BCUT2D eigenvalue weighted by molar-refractivity contribution is -0.265. The van der Waals surface area contributed by atoms with Crippen molar-refractivity contribution in [2.45, 2.75) is 46.1 Å². The molecule has 1 atom stereocenters. The predicted molar refractivity (Wildman–Crippen MR) is 71.8 cm³/mol. The lowest BCUT2D eigenvalue weighted by Gasteiger charge is -2.32. The molecule has 118 valence electrons. The molecule has 0 saturated carbocycles. The van der Waals surface area contributed by atoms with E-state index < -0.39 is 17.5 Å². The van der Waals surface area contributed by atoms with Crippen LogP contribution in [0.2, 0.25) is 0 Å². The molecule has 0 radical (unpaired) electrons. The number of ether oxygens (including phenoxy) is 4. The zero-order chi connectivity index (χ0) is 15.6. The van der Waals surface area contributed by atoms with Crippen LogP contribution in [0.5, 0.6) is 0 Å². The minimum Gasteiger partial charge on any atom is -0.454 e. The lowest BCUT2D eigenvalue weighted by Crippen LogP contribution is -2.58. The molecule has 0 aromatic rings. The van der Waals surface area contributed by atoms with Gasteiger partial charge in [-0.1, -0.05) is 0 Å². The number of hydrogen-bond acceptors (Lipinski definition) is 6. The third-order valence-corrected chi connectivity index (χ3v) is 2.00. The molecule has 7 heteroatoms. The summed E-state index contributed by atoms with van der Waals surface area (Å²) in [6.45, 7) is 9.69. The fourth-order valence-electron chi connectivity index (χ4n) is 1.32. The summed E-state index contributed by atoms with van der Waals surface area (Å²) < 4.78 is 21.0. The van der Waals surface area contributed by atoms with Gasteiger partial charge >= 0.3 is 11.9 Å². The highest BCUT2D eigenvalue weighted by molar-refractivity contribution is 5.80. The van der Waals surface area contributed by atoms with Crippen molar-refractivity contribution in [1.82, 2.24) is 5.32 Å². The summed E-state index contributed by atoms with van der Waals surface area (Å²) in [5.74, 6) is -2.75. The molecule has 1 unspecified atom stereocenters. The molecule has 0 aliphatic rings. The van der Waals surface area contributed by atoms with Crippen LogP contribution in [0, 0.1) is 0 Å². The van der Waals surface area contributed by atoms with Crippen LogP contribution in [-0.2, 0) is 28.5 Å². The molecule has 0 saturated heterocycles. The van der Waals surface area contributed by atoms with Crippen molar-refractivity contribution in [1.29, 1.82) is 0 Å². The quantitative estimate of drug-likeness (QED) is 0.278. The standard InChI is InChI=1S/C13H25NO6/c1-6-17-8-9-19-13(14-10-15,18-7-2)11(16)20-12(3,4)5/h10H,6-9H2,1-5H3,(H,14,15). The Labute approximate surface area is 119 Å². The largest absolute Gasteiger partial charge is 0.454 e. The summed E-state index contributed by atoms with van der Waals surface area (Å²) in [6, 6.07) is 0. The summed E-state index contributed by atoms with van der Waals surface area (Å²) in [5.41, 5.74) is -0.729. The summed E-state index contributed by atoms with van der Waals surface area (Å²) in [7, 11) is 0. The molecule has 0 aromatic carbocycles. The molecule has 1 amide bonds. The molecule has 0 fully saturated rings. The molecule has 20 heavy (non-hydrogen) atoms. The van der Waals surface area contributed by atoms with E-state index >= 15 is 0 Å². The van der Waals surface area contributed by atoms with E-state index in [1.54, 1.807) is 27.7 Å². The smallest absolute Gasteiger partial charge is 0.391 e. The van der Waals surface area contributed by atoms with Crippen molar-refractivity contribution in [3.8, 4) is 0 Å². The minimum absolute atomic E-state index is 0.0773. The highest BCUT2D eigenvalue weighted by atomic mass is 16.7. The maximum atomic E-state index is 12.2. The van der Waals surface area contributed by atoms with Gasteiger partial charge in [0.05, 0.1) is 13.2 Å². The summed E-state index contributed by atoms with van der Waals surface area (Å²) in [5, 5.41) is 2.24. The van der Waals surface area contributed by atoms with E-state index in [9.17, 15) is 9.59 Å². The Bertz CT molecular complexity index is 302. The van der Waals surface area contributed by atoms with E-state index in [1.807, 2.05) is 6.92 Å². The number of rotatable bonds is 10. The predicted octanol–water partition coefficient (Wildman–Crippen LogP) is 0.818. The minimum atomic E-state index is -1.94. The second-order valence-corrected chi connectivity index (χ2v) is 4.86. The van der Waals surface area contributed by atoms with Crippen molar-refractivity contribution in [2.24, 2.45) is 0 Å². The Hall–Kier alpha value is -1.18. The van der Waals surface area contributed by atoms with Gasteiger partial charge < -0.3 is 18.9 Å². The Morgan fingerprint density at radius 2 is 1.75 bits per heavy atom. The van der Waals surface area contributed by atoms with Gasteiger partial charge in [-0.15, -0.1) is 0 Å². The van der Waals surface area contributed by atoms with Crippen LogP contribution < -0.4 is 5.32 Å².